The molecule has 1 rings (SSSR count). The smallest absolute Gasteiger partial charge is 0.379 e. The number of unbranched alkanes of at least 4 members (excludes halogenated alkanes) is 15. The molecule has 0 saturated carbocycles. The van der Waals surface area contributed by atoms with Gasteiger partial charge >= 0.3 is 7.82 Å². The number of phosphoric ester groups is 1. The molecule has 0 radical (unpaired) electrons. The minimum Gasteiger partial charge on any atom is -0.379 e. The summed E-state index contributed by atoms with van der Waals surface area (Å²) in [5.41, 5.74) is 0.835. The van der Waals surface area contributed by atoms with Crippen molar-refractivity contribution in [2.75, 3.05) is 19.8 Å². The summed E-state index contributed by atoms with van der Waals surface area (Å²) >= 11 is 0. The highest BCUT2D eigenvalue weighted by Gasteiger charge is 2.19. The van der Waals surface area contributed by atoms with E-state index in [9.17, 15) is 4.57 Å². The van der Waals surface area contributed by atoms with Gasteiger partial charge in [-0.1, -0.05) is 109 Å². The van der Waals surface area contributed by atoms with E-state index in [0.29, 0.717) is 12.3 Å². The summed E-state index contributed by atoms with van der Waals surface area (Å²) < 4.78 is 27.0. The Kier molecular flexibility index (Phi) is 20.6. The Labute approximate surface area is 224 Å². The molecule has 0 amide bonds. The number of hydrogen-bond acceptors (Lipinski definition) is 6. The zero-order valence-corrected chi connectivity index (χ0v) is 23.7. The zero-order valence-electron chi connectivity index (χ0n) is 22.8. The highest BCUT2D eigenvalue weighted by Crippen LogP contribution is 2.35. The van der Waals surface area contributed by atoms with Crippen molar-refractivity contribution in [3.8, 4) is 6.07 Å². The largest absolute Gasteiger partial charge is 0.469 e. The molecule has 9 heteroatoms. The molecular weight excluding hydrogens is 491 g/mol. The predicted octanol–water partition coefficient (Wildman–Crippen LogP) is 7.23. The SMILES string of the molecule is CCCCCCCCCCCCCCCCCCOC[C@H](COP(=O)(O)O)OCc1cccc(C#N)n1. The van der Waals surface area contributed by atoms with Crippen LogP contribution in [0.1, 0.15) is 121 Å². The first-order valence-electron chi connectivity index (χ1n) is 14.2. The maximum absolute atomic E-state index is 11.1. The van der Waals surface area contributed by atoms with Crippen molar-refractivity contribution >= 4 is 7.82 Å². The minimum absolute atomic E-state index is 0.0904. The second-order valence-electron chi connectivity index (χ2n) is 9.72. The Hall–Kier alpha value is -1.33. The lowest BCUT2D eigenvalue weighted by Gasteiger charge is -2.18. The average molecular weight is 541 g/mol. The minimum atomic E-state index is -4.60. The Bertz CT molecular complexity index is 767. The molecule has 1 atom stereocenters. The van der Waals surface area contributed by atoms with Crippen molar-refractivity contribution in [2.24, 2.45) is 0 Å². The van der Waals surface area contributed by atoms with E-state index >= 15 is 0 Å². The monoisotopic (exact) mass is 540 g/mol. The molecule has 2 N–H and O–H groups in total. The van der Waals surface area contributed by atoms with Crippen LogP contribution < -0.4 is 0 Å². The van der Waals surface area contributed by atoms with Crippen LogP contribution in [-0.4, -0.2) is 40.7 Å². The maximum Gasteiger partial charge on any atom is 0.469 e. The molecule has 0 aliphatic carbocycles. The molecule has 0 unspecified atom stereocenters. The van der Waals surface area contributed by atoms with Crippen LogP contribution >= 0.6 is 7.82 Å². The maximum atomic E-state index is 11.1. The molecular formula is C28H49N2O6P. The highest BCUT2D eigenvalue weighted by molar-refractivity contribution is 7.46. The highest BCUT2D eigenvalue weighted by atomic mass is 31.2. The molecule has 8 nitrogen and oxygen atoms in total. The molecule has 0 fully saturated rings. The van der Waals surface area contributed by atoms with E-state index in [1.165, 1.54) is 89.9 Å². The van der Waals surface area contributed by atoms with Gasteiger partial charge in [-0.2, -0.15) is 5.26 Å². The molecule has 0 spiro atoms. The molecule has 0 aromatic carbocycles. The quantitative estimate of drug-likeness (QED) is 0.0984. The van der Waals surface area contributed by atoms with Crippen molar-refractivity contribution < 1.29 is 28.3 Å². The van der Waals surface area contributed by atoms with Gasteiger partial charge in [0.1, 0.15) is 17.9 Å². The van der Waals surface area contributed by atoms with Gasteiger partial charge in [-0.3, -0.25) is 4.52 Å². The van der Waals surface area contributed by atoms with E-state index in [2.05, 4.69) is 16.4 Å². The van der Waals surface area contributed by atoms with Gasteiger partial charge in [0.25, 0.3) is 0 Å². The molecule has 1 heterocycles. The Morgan fingerprint density at radius 2 is 1.41 bits per heavy atom. The van der Waals surface area contributed by atoms with Crippen molar-refractivity contribution in [3.05, 3.63) is 29.6 Å². The number of pyridine rings is 1. The molecule has 1 aromatic rings. The first-order valence-corrected chi connectivity index (χ1v) is 15.7. The van der Waals surface area contributed by atoms with Crippen LogP contribution in [0.15, 0.2) is 18.2 Å². The number of hydrogen-bond donors (Lipinski definition) is 2. The first-order chi connectivity index (χ1) is 17.9. The van der Waals surface area contributed by atoms with Gasteiger partial charge in [-0.05, 0) is 18.6 Å². The fourth-order valence-electron chi connectivity index (χ4n) is 4.12. The zero-order chi connectivity index (χ0) is 27.0. The van der Waals surface area contributed by atoms with Gasteiger partial charge in [0.05, 0.1) is 25.5 Å². The third kappa shape index (κ3) is 21.3. The lowest BCUT2D eigenvalue weighted by molar-refractivity contribution is -0.0501. The summed E-state index contributed by atoms with van der Waals surface area (Å²) in [6, 6.07) is 6.99. The molecule has 0 aliphatic rings. The van der Waals surface area contributed by atoms with E-state index in [-0.39, 0.29) is 25.5 Å². The first kappa shape index (κ1) is 33.7. The number of rotatable bonds is 25. The topological polar surface area (TPSA) is 122 Å². The van der Waals surface area contributed by atoms with Crippen LogP contribution in [-0.2, 0) is 25.2 Å². The number of ether oxygens (including phenoxy) is 2. The molecule has 0 aliphatic heterocycles. The number of nitrogens with zero attached hydrogens (tertiary/aromatic N) is 2. The summed E-state index contributed by atoms with van der Waals surface area (Å²) in [7, 11) is -4.60. The number of phosphoric acid groups is 1. The third-order valence-electron chi connectivity index (χ3n) is 6.26. The average Bonchev–Trinajstić information content (AvgIpc) is 2.88. The van der Waals surface area contributed by atoms with E-state index in [1.807, 2.05) is 6.07 Å². The molecule has 0 saturated heterocycles. The van der Waals surface area contributed by atoms with E-state index in [1.54, 1.807) is 18.2 Å². The van der Waals surface area contributed by atoms with Crippen LogP contribution in [0.3, 0.4) is 0 Å². The lowest BCUT2D eigenvalue weighted by Crippen LogP contribution is -2.25. The van der Waals surface area contributed by atoms with Gasteiger partial charge < -0.3 is 19.3 Å². The van der Waals surface area contributed by atoms with Crippen molar-refractivity contribution in [2.45, 2.75) is 122 Å². The van der Waals surface area contributed by atoms with Crippen LogP contribution in [0, 0.1) is 11.3 Å². The van der Waals surface area contributed by atoms with Crippen LogP contribution in [0.5, 0.6) is 0 Å². The van der Waals surface area contributed by atoms with Gasteiger partial charge in [-0.25, -0.2) is 9.55 Å². The van der Waals surface area contributed by atoms with Gasteiger partial charge in [0.15, 0.2) is 0 Å². The molecule has 1 aromatic heterocycles. The fraction of sp³-hybridized carbons (Fsp3) is 0.786. The van der Waals surface area contributed by atoms with Crippen molar-refractivity contribution in [1.82, 2.24) is 4.98 Å². The van der Waals surface area contributed by atoms with E-state index < -0.39 is 13.9 Å². The summed E-state index contributed by atoms with van der Waals surface area (Å²) in [6.45, 7) is 2.79. The van der Waals surface area contributed by atoms with Crippen molar-refractivity contribution in [3.63, 3.8) is 0 Å². The Morgan fingerprint density at radius 3 is 1.92 bits per heavy atom. The van der Waals surface area contributed by atoms with Crippen LogP contribution in [0.2, 0.25) is 0 Å². The standard InChI is InChI=1S/C28H49N2O6P/c1-2-3-4-5-6-7-8-9-10-11-12-13-14-15-16-17-21-34-24-28(25-36-37(31,32)33)35-23-27-20-18-19-26(22-29)30-27/h18-20,28H,2-17,21,23-25H2,1H3,(H2,31,32,33)/t28-/m1/s1. The van der Waals surface area contributed by atoms with Crippen LogP contribution in [0.4, 0.5) is 0 Å². The summed E-state index contributed by atoms with van der Waals surface area (Å²) in [4.78, 5) is 22.1. The number of nitriles is 1. The summed E-state index contributed by atoms with van der Waals surface area (Å²) in [5, 5.41) is 8.95. The third-order valence-corrected chi connectivity index (χ3v) is 6.75. The normalized spacial score (nSPS) is 12.5. The van der Waals surface area contributed by atoms with E-state index in [4.69, 9.17) is 24.5 Å². The Balaban J connectivity index is 2.04. The van der Waals surface area contributed by atoms with E-state index in [0.717, 1.165) is 12.8 Å². The summed E-state index contributed by atoms with van der Waals surface area (Å²) in [5.74, 6) is 0. The number of aromatic nitrogens is 1. The molecule has 0 bridgehead atoms. The van der Waals surface area contributed by atoms with Gasteiger partial charge in [0.2, 0.25) is 0 Å². The fourth-order valence-corrected chi connectivity index (χ4v) is 4.48. The predicted molar refractivity (Wildman–Crippen MR) is 146 cm³/mol. The van der Waals surface area contributed by atoms with Crippen molar-refractivity contribution in [1.29, 1.82) is 5.26 Å². The Morgan fingerprint density at radius 1 is 0.865 bits per heavy atom. The molecule has 212 valence electrons. The second kappa shape index (κ2) is 22.6. The lowest BCUT2D eigenvalue weighted by atomic mass is 10.0. The molecule has 37 heavy (non-hydrogen) atoms. The summed E-state index contributed by atoms with van der Waals surface area (Å²) in [6.07, 6.45) is 20.3. The van der Waals surface area contributed by atoms with Gasteiger partial charge in [0, 0.05) is 6.61 Å². The van der Waals surface area contributed by atoms with Crippen LogP contribution in [0.25, 0.3) is 0 Å². The van der Waals surface area contributed by atoms with Gasteiger partial charge in [-0.15, -0.1) is 0 Å². The second-order valence-corrected chi connectivity index (χ2v) is 11.0.